The van der Waals surface area contributed by atoms with Crippen LogP contribution in [0.15, 0.2) is 24.3 Å². The highest BCUT2D eigenvalue weighted by Crippen LogP contribution is 2.40. The van der Waals surface area contributed by atoms with E-state index < -0.39 is 11.4 Å². The summed E-state index contributed by atoms with van der Waals surface area (Å²) in [7, 11) is 1.95. The quantitative estimate of drug-likeness (QED) is 0.862. The van der Waals surface area contributed by atoms with Crippen molar-refractivity contribution in [2.45, 2.75) is 44.1 Å². The molecule has 0 radical (unpaired) electrons. The summed E-state index contributed by atoms with van der Waals surface area (Å²) in [5.74, 6) is -0.678. The number of hydrogen-bond acceptors (Lipinski definition) is 2. The Morgan fingerprint density at radius 3 is 2.56 bits per heavy atom. The van der Waals surface area contributed by atoms with Crippen molar-refractivity contribution in [2.75, 3.05) is 7.05 Å². The minimum Gasteiger partial charge on any atom is -0.481 e. The summed E-state index contributed by atoms with van der Waals surface area (Å²) >= 11 is 0. The average Bonchev–Trinajstić information content (AvgIpc) is 2.38. The van der Waals surface area contributed by atoms with Crippen LogP contribution in [-0.4, -0.2) is 24.2 Å². The standard InChI is InChI=1S/C15H21NO2/c1-11-4-3-5-12(10-11)15(14(17)18)8-6-13(16-2)7-9-15/h3-5,10,13,16H,6-9H2,1-2H3,(H,17,18). The Morgan fingerprint density at radius 1 is 1.39 bits per heavy atom. The van der Waals surface area contributed by atoms with Crippen molar-refractivity contribution in [1.82, 2.24) is 5.32 Å². The van der Waals surface area contributed by atoms with Crippen molar-refractivity contribution in [1.29, 1.82) is 0 Å². The molecule has 98 valence electrons. The van der Waals surface area contributed by atoms with Gasteiger partial charge in [-0.05, 0) is 45.2 Å². The van der Waals surface area contributed by atoms with Gasteiger partial charge in [-0.25, -0.2) is 0 Å². The maximum Gasteiger partial charge on any atom is 0.314 e. The van der Waals surface area contributed by atoms with Gasteiger partial charge in [0.05, 0.1) is 5.41 Å². The van der Waals surface area contributed by atoms with Crippen LogP contribution in [0.25, 0.3) is 0 Å². The highest BCUT2D eigenvalue weighted by Gasteiger charge is 2.43. The molecule has 2 N–H and O–H groups in total. The Morgan fingerprint density at radius 2 is 2.06 bits per heavy atom. The first-order valence-corrected chi connectivity index (χ1v) is 6.56. The summed E-state index contributed by atoms with van der Waals surface area (Å²) < 4.78 is 0. The zero-order valence-electron chi connectivity index (χ0n) is 11.1. The van der Waals surface area contributed by atoms with Gasteiger partial charge in [-0.1, -0.05) is 29.8 Å². The van der Waals surface area contributed by atoms with Crippen LogP contribution in [0, 0.1) is 6.92 Å². The molecule has 1 aromatic carbocycles. The van der Waals surface area contributed by atoms with E-state index in [2.05, 4.69) is 5.32 Å². The molecule has 0 spiro atoms. The molecule has 3 heteroatoms. The van der Waals surface area contributed by atoms with Gasteiger partial charge < -0.3 is 10.4 Å². The van der Waals surface area contributed by atoms with Gasteiger partial charge in [0.15, 0.2) is 0 Å². The lowest BCUT2D eigenvalue weighted by Gasteiger charge is -2.37. The molecule has 1 aliphatic rings. The first kappa shape index (κ1) is 13.1. The predicted octanol–water partition coefficient (Wildman–Crippen LogP) is 2.48. The molecule has 0 atom stereocenters. The first-order valence-electron chi connectivity index (χ1n) is 6.56. The Labute approximate surface area is 108 Å². The van der Waals surface area contributed by atoms with Crippen LogP contribution in [0.5, 0.6) is 0 Å². The maximum atomic E-state index is 11.8. The third-order valence-corrected chi connectivity index (χ3v) is 4.23. The second-order valence-electron chi connectivity index (χ2n) is 5.32. The lowest BCUT2D eigenvalue weighted by atomic mass is 9.68. The SMILES string of the molecule is CNC1CCC(C(=O)O)(c2cccc(C)c2)CC1. The summed E-state index contributed by atoms with van der Waals surface area (Å²) in [5.41, 5.74) is 1.41. The summed E-state index contributed by atoms with van der Waals surface area (Å²) in [6.45, 7) is 2.01. The molecule has 0 amide bonds. The van der Waals surface area contributed by atoms with Crippen LogP contribution < -0.4 is 5.32 Å². The van der Waals surface area contributed by atoms with Gasteiger partial charge in [0.25, 0.3) is 0 Å². The van der Waals surface area contributed by atoms with Crippen molar-refractivity contribution >= 4 is 5.97 Å². The number of carbonyl (C=O) groups is 1. The van der Waals surface area contributed by atoms with Gasteiger partial charge in [0, 0.05) is 6.04 Å². The molecule has 0 heterocycles. The molecule has 1 aliphatic carbocycles. The summed E-state index contributed by atoms with van der Waals surface area (Å²) in [5, 5.41) is 12.9. The maximum absolute atomic E-state index is 11.8. The smallest absolute Gasteiger partial charge is 0.314 e. The molecule has 0 aliphatic heterocycles. The van der Waals surface area contributed by atoms with Crippen LogP contribution in [0.1, 0.15) is 36.8 Å². The second kappa shape index (κ2) is 5.11. The summed E-state index contributed by atoms with van der Waals surface area (Å²) in [6, 6.07) is 8.41. The monoisotopic (exact) mass is 247 g/mol. The number of rotatable bonds is 3. The van der Waals surface area contributed by atoms with E-state index in [0.29, 0.717) is 6.04 Å². The molecule has 1 fully saturated rings. The molecular formula is C15H21NO2. The largest absolute Gasteiger partial charge is 0.481 e. The van der Waals surface area contributed by atoms with Gasteiger partial charge in [-0.2, -0.15) is 0 Å². The average molecular weight is 247 g/mol. The fraction of sp³-hybridized carbons (Fsp3) is 0.533. The number of carboxylic acids is 1. The number of aryl methyl sites for hydroxylation is 1. The lowest BCUT2D eigenvalue weighted by molar-refractivity contribution is -0.145. The van der Waals surface area contributed by atoms with Crippen LogP contribution in [0.3, 0.4) is 0 Å². The predicted molar refractivity (Wildman–Crippen MR) is 71.8 cm³/mol. The molecule has 0 saturated heterocycles. The van der Waals surface area contributed by atoms with Gasteiger partial charge in [0.1, 0.15) is 0 Å². The molecule has 2 rings (SSSR count). The van der Waals surface area contributed by atoms with Crippen molar-refractivity contribution in [3.05, 3.63) is 35.4 Å². The first-order chi connectivity index (χ1) is 8.58. The molecule has 3 nitrogen and oxygen atoms in total. The zero-order valence-corrected chi connectivity index (χ0v) is 11.1. The van der Waals surface area contributed by atoms with Gasteiger partial charge in [0.2, 0.25) is 0 Å². The van der Waals surface area contributed by atoms with E-state index in [-0.39, 0.29) is 0 Å². The Bertz CT molecular complexity index is 434. The molecule has 18 heavy (non-hydrogen) atoms. The van der Waals surface area contributed by atoms with Gasteiger partial charge in [-0.3, -0.25) is 4.79 Å². The van der Waals surface area contributed by atoms with Crippen molar-refractivity contribution in [3.8, 4) is 0 Å². The van der Waals surface area contributed by atoms with Gasteiger partial charge >= 0.3 is 5.97 Å². The Kier molecular flexibility index (Phi) is 3.71. The van der Waals surface area contributed by atoms with E-state index in [4.69, 9.17) is 0 Å². The van der Waals surface area contributed by atoms with E-state index in [1.165, 1.54) is 0 Å². The number of benzene rings is 1. The van der Waals surface area contributed by atoms with E-state index in [9.17, 15) is 9.90 Å². The zero-order chi connectivity index (χ0) is 13.2. The minimum atomic E-state index is -0.681. The normalized spacial score (nSPS) is 28.0. The third kappa shape index (κ3) is 2.27. The molecular weight excluding hydrogens is 226 g/mol. The molecule has 0 bridgehead atoms. The Balaban J connectivity index is 2.32. The summed E-state index contributed by atoms with van der Waals surface area (Å²) in [6.07, 6.45) is 3.29. The topological polar surface area (TPSA) is 49.3 Å². The molecule has 1 aromatic rings. The number of aliphatic carboxylic acids is 1. The second-order valence-corrected chi connectivity index (χ2v) is 5.32. The third-order valence-electron chi connectivity index (χ3n) is 4.23. The van der Waals surface area contributed by atoms with Crippen molar-refractivity contribution < 1.29 is 9.90 Å². The lowest BCUT2D eigenvalue weighted by Crippen LogP contribution is -2.43. The number of carboxylic acid groups (broad SMARTS) is 1. The number of nitrogens with one attached hydrogen (secondary N) is 1. The fourth-order valence-electron chi connectivity index (χ4n) is 2.97. The van der Waals surface area contributed by atoms with E-state index in [1.54, 1.807) is 0 Å². The highest BCUT2D eigenvalue weighted by molar-refractivity contribution is 5.81. The van der Waals surface area contributed by atoms with E-state index >= 15 is 0 Å². The minimum absolute atomic E-state index is 0.460. The fourth-order valence-corrected chi connectivity index (χ4v) is 2.97. The molecule has 0 aromatic heterocycles. The number of hydrogen-bond donors (Lipinski definition) is 2. The Hall–Kier alpha value is -1.35. The van der Waals surface area contributed by atoms with Crippen LogP contribution in [-0.2, 0) is 10.2 Å². The van der Waals surface area contributed by atoms with Crippen LogP contribution >= 0.6 is 0 Å². The van der Waals surface area contributed by atoms with E-state index in [1.807, 2.05) is 38.2 Å². The van der Waals surface area contributed by atoms with E-state index in [0.717, 1.165) is 36.8 Å². The van der Waals surface area contributed by atoms with Crippen molar-refractivity contribution in [2.24, 2.45) is 0 Å². The van der Waals surface area contributed by atoms with Crippen LogP contribution in [0.4, 0.5) is 0 Å². The van der Waals surface area contributed by atoms with Crippen LogP contribution in [0.2, 0.25) is 0 Å². The molecule has 1 saturated carbocycles. The highest BCUT2D eigenvalue weighted by atomic mass is 16.4. The molecule has 0 unspecified atom stereocenters. The van der Waals surface area contributed by atoms with Gasteiger partial charge in [-0.15, -0.1) is 0 Å². The van der Waals surface area contributed by atoms with Crippen molar-refractivity contribution in [3.63, 3.8) is 0 Å². The summed E-state index contributed by atoms with van der Waals surface area (Å²) in [4.78, 5) is 11.8.